The van der Waals surface area contributed by atoms with Gasteiger partial charge in [0.1, 0.15) is 12.6 Å². The first-order chi connectivity index (χ1) is 10.1. The van der Waals surface area contributed by atoms with Crippen molar-refractivity contribution < 1.29 is 19.1 Å². The largest absolute Gasteiger partial charge is 0.489 e. The molecule has 1 aromatic rings. The van der Waals surface area contributed by atoms with Gasteiger partial charge in [0.05, 0.1) is 17.8 Å². The summed E-state index contributed by atoms with van der Waals surface area (Å²) in [6.45, 7) is 0.532. The van der Waals surface area contributed by atoms with Crippen LogP contribution in [-0.4, -0.2) is 41.8 Å². The van der Waals surface area contributed by atoms with Gasteiger partial charge in [-0.25, -0.2) is 0 Å². The van der Waals surface area contributed by atoms with Gasteiger partial charge >= 0.3 is 0 Å². The van der Waals surface area contributed by atoms with Gasteiger partial charge in [-0.3, -0.25) is 19.7 Å². The molecule has 0 bridgehead atoms. The number of anilines is 1. The van der Waals surface area contributed by atoms with E-state index < -0.39 is 11.9 Å². The molecule has 1 fully saturated rings. The Morgan fingerprint density at radius 2 is 2.10 bits per heavy atom. The maximum absolute atomic E-state index is 12.6. The summed E-state index contributed by atoms with van der Waals surface area (Å²) in [4.78, 5) is 37.3. The van der Waals surface area contributed by atoms with Crippen molar-refractivity contribution in [1.29, 1.82) is 0 Å². The fraction of sp³-hybridized carbons (Fsp3) is 0.357. The fourth-order valence-electron chi connectivity index (χ4n) is 2.66. The normalized spacial score (nSPS) is 22.2. The maximum atomic E-state index is 12.6. The van der Waals surface area contributed by atoms with E-state index in [0.717, 1.165) is 0 Å². The molecule has 0 aromatic heterocycles. The Morgan fingerprint density at radius 1 is 1.29 bits per heavy atom. The van der Waals surface area contributed by atoms with Gasteiger partial charge in [-0.05, 0) is 18.6 Å². The Balaban J connectivity index is 1.93. The van der Waals surface area contributed by atoms with Crippen molar-refractivity contribution >= 4 is 23.4 Å². The Kier molecular flexibility index (Phi) is 3.25. The molecule has 0 saturated carbocycles. The van der Waals surface area contributed by atoms with E-state index in [1.807, 2.05) is 0 Å². The van der Waals surface area contributed by atoms with Crippen molar-refractivity contribution in [2.45, 2.75) is 18.9 Å². The first-order valence-electron chi connectivity index (χ1n) is 6.74. The Hall–Kier alpha value is -2.57. The highest BCUT2D eigenvalue weighted by Crippen LogP contribution is 2.30. The lowest BCUT2D eigenvalue weighted by Crippen LogP contribution is -2.54. The van der Waals surface area contributed by atoms with Crippen molar-refractivity contribution in [2.75, 3.05) is 18.9 Å². The number of carbonyl (C=O) groups is 3. The number of nitrogen functional groups attached to an aromatic ring is 1. The number of hydrogen-bond donors (Lipinski definition) is 2. The summed E-state index contributed by atoms with van der Waals surface area (Å²) in [6.07, 6.45) is 0.554. The molecule has 3 amide bonds. The van der Waals surface area contributed by atoms with Gasteiger partial charge in [0.25, 0.3) is 5.91 Å². The van der Waals surface area contributed by atoms with Gasteiger partial charge in [-0.2, -0.15) is 0 Å². The number of nitrogens with one attached hydrogen (secondary N) is 1. The predicted octanol–water partition coefficient (Wildman–Crippen LogP) is -0.0914. The molecule has 110 valence electrons. The summed E-state index contributed by atoms with van der Waals surface area (Å²) in [5.41, 5.74) is 6.56. The van der Waals surface area contributed by atoms with Crippen LogP contribution in [-0.2, 0) is 9.59 Å². The van der Waals surface area contributed by atoms with Crippen LogP contribution >= 0.6 is 0 Å². The molecule has 0 spiro atoms. The molecule has 3 rings (SSSR count). The number of nitrogens with two attached hydrogens (primary N) is 1. The predicted molar refractivity (Wildman–Crippen MR) is 73.6 cm³/mol. The van der Waals surface area contributed by atoms with Crippen molar-refractivity contribution in [3.8, 4) is 5.75 Å². The molecule has 2 aliphatic heterocycles. The van der Waals surface area contributed by atoms with E-state index >= 15 is 0 Å². The molecule has 1 saturated heterocycles. The summed E-state index contributed by atoms with van der Waals surface area (Å²) in [7, 11) is 0. The second kappa shape index (κ2) is 5.08. The van der Waals surface area contributed by atoms with Crippen molar-refractivity contribution in [3.63, 3.8) is 0 Å². The van der Waals surface area contributed by atoms with Gasteiger partial charge in [-0.15, -0.1) is 0 Å². The van der Waals surface area contributed by atoms with Gasteiger partial charge in [0.15, 0.2) is 5.75 Å². The number of carbonyl (C=O) groups excluding carboxylic acids is 3. The number of piperidine rings is 1. The lowest BCUT2D eigenvalue weighted by molar-refractivity contribution is -0.136. The summed E-state index contributed by atoms with van der Waals surface area (Å²) < 4.78 is 5.54. The first-order valence-corrected chi connectivity index (χ1v) is 6.74. The van der Waals surface area contributed by atoms with Gasteiger partial charge in [0, 0.05) is 6.42 Å². The van der Waals surface area contributed by atoms with Crippen LogP contribution in [0.1, 0.15) is 23.2 Å². The summed E-state index contributed by atoms with van der Waals surface area (Å²) in [6, 6.07) is 4.31. The van der Waals surface area contributed by atoms with E-state index in [1.165, 1.54) is 4.90 Å². The van der Waals surface area contributed by atoms with Crippen LogP contribution < -0.4 is 15.8 Å². The number of benzene rings is 1. The van der Waals surface area contributed by atoms with Gasteiger partial charge in [-0.1, -0.05) is 6.07 Å². The Bertz CT molecular complexity index is 629. The van der Waals surface area contributed by atoms with E-state index in [0.29, 0.717) is 23.4 Å². The smallest absolute Gasteiger partial charge is 0.258 e. The van der Waals surface area contributed by atoms with E-state index in [9.17, 15) is 14.4 Å². The zero-order chi connectivity index (χ0) is 15.0. The average molecular weight is 289 g/mol. The molecule has 2 aliphatic rings. The van der Waals surface area contributed by atoms with Crippen LogP contribution in [0.5, 0.6) is 5.75 Å². The number of amides is 3. The zero-order valence-electron chi connectivity index (χ0n) is 11.3. The monoisotopic (exact) mass is 289 g/mol. The molecule has 3 N–H and O–H groups in total. The molecular weight excluding hydrogens is 274 g/mol. The molecular formula is C14H15N3O4. The fourth-order valence-corrected chi connectivity index (χ4v) is 2.66. The summed E-state index contributed by atoms with van der Waals surface area (Å²) >= 11 is 0. The minimum atomic E-state index is -0.647. The van der Waals surface area contributed by atoms with Crippen molar-refractivity contribution in [2.24, 2.45) is 0 Å². The number of imide groups is 1. The molecule has 0 aliphatic carbocycles. The summed E-state index contributed by atoms with van der Waals surface area (Å²) in [5, 5.41) is 2.27. The average Bonchev–Trinajstić information content (AvgIpc) is 2.61. The molecule has 7 nitrogen and oxygen atoms in total. The molecule has 1 unspecified atom stereocenters. The number of fused-ring (bicyclic) bond motifs is 1. The minimum absolute atomic E-state index is 0.227. The third kappa shape index (κ3) is 2.31. The number of ether oxygens (including phenoxy) is 1. The molecule has 1 atom stereocenters. The highest BCUT2D eigenvalue weighted by molar-refractivity contribution is 6.05. The third-order valence-electron chi connectivity index (χ3n) is 3.70. The Morgan fingerprint density at radius 3 is 2.86 bits per heavy atom. The second-order valence-corrected chi connectivity index (χ2v) is 5.04. The Labute approximate surface area is 121 Å². The van der Waals surface area contributed by atoms with Crippen LogP contribution in [0.15, 0.2) is 18.2 Å². The van der Waals surface area contributed by atoms with Crippen LogP contribution in [0.4, 0.5) is 5.69 Å². The molecule has 7 heteroatoms. The van der Waals surface area contributed by atoms with Crippen LogP contribution in [0.3, 0.4) is 0 Å². The maximum Gasteiger partial charge on any atom is 0.258 e. The highest BCUT2D eigenvalue weighted by atomic mass is 16.5. The SMILES string of the molecule is Nc1cccc2c1OCCN(C1CCC(=O)NC1=O)C2=O. The molecule has 21 heavy (non-hydrogen) atoms. The standard InChI is InChI=1S/C14H15N3O4/c15-9-3-1-2-8-12(9)21-7-6-17(14(8)20)10-4-5-11(18)16-13(10)19/h1-3,10H,4-7,15H2,(H,16,18,19). The molecule has 1 aromatic carbocycles. The van der Waals surface area contributed by atoms with E-state index in [-0.39, 0.29) is 31.4 Å². The first kappa shape index (κ1) is 13.4. The topological polar surface area (TPSA) is 102 Å². The number of hydrogen-bond acceptors (Lipinski definition) is 5. The zero-order valence-corrected chi connectivity index (χ0v) is 11.3. The summed E-state index contributed by atoms with van der Waals surface area (Å²) in [5.74, 6) is -0.687. The molecule has 2 heterocycles. The third-order valence-corrected chi connectivity index (χ3v) is 3.70. The number of para-hydroxylation sites is 1. The van der Waals surface area contributed by atoms with E-state index in [1.54, 1.807) is 18.2 Å². The van der Waals surface area contributed by atoms with Gasteiger partial charge < -0.3 is 15.4 Å². The van der Waals surface area contributed by atoms with Crippen LogP contribution in [0.2, 0.25) is 0 Å². The van der Waals surface area contributed by atoms with Gasteiger partial charge in [0.2, 0.25) is 11.8 Å². The lowest BCUT2D eigenvalue weighted by Gasteiger charge is -2.31. The van der Waals surface area contributed by atoms with E-state index in [4.69, 9.17) is 10.5 Å². The minimum Gasteiger partial charge on any atom is -0.489 e. The van der Waals surface area contributed by atoms with Crippen LogP contribution in [0.25, 0.3) is 0 Å². The number of rotatable bonds is 1. The number of nitrogens with zero attached hydrogens (tertiary/aromatic N) is 1. The quantitative estimate of drug-likeness (QED) is 0.555. The highest BCUT2D eigenvalue weighted by Gasteiger charge is 2.36. The second-order valence-electron chi connectivity index (χ2n) is 5.04. The van der Waals surface area contributed by atoms with Crippen LogP contribution in [0, 0.1) is 0 Å². The lowest BCUT2D eigenvalue weighted by atomic mass is 10.0. The van der Waals surface area contributed by atoms with Crippen molar-refractivity contribution in [1.82, 2.24) is 10.2 Å². The van der Waals surface area contributed by atoms with E-state index in [2.05, 4.69) is 5.32 Å². The molecule has 0 radical (unpaired) electrons. The van der Waals surface area contributed by atoms with Crippen molar-refractivity contribution in [3.05, 3.63) is 23.8 Å².